The first-order valence-corrected chi connectivity index (χ1v) is 12.5. The molecule has 5 rings (SSSR count). The summed E-state index contributed by atoms with van der Waals surface area (Å²) in [4.78, 5) is 26.9. The predicted molar refractivity (Wildman–Crippen MR) is 144 cm³/mol. The second-order valence-electron chi connectivity index (χ2n) is 8.49. The highest BCUT2D eigenvalue weighted by Crippen LogP contribution is 2.32. The van der Waals surface area contributed by atoms with Crippen LogP contribution in [-0.2, 0) is 11.4 Å². The number of hydrogen-bond acceptors (Lipinski definition) is 5. The van der Waals surface area contributed by atoms with E-state index in [0.717, 1.165) is 33.8 Å². The van der Waals surface area contributed by atoms with Crippen LogP contribution in [0.25, 0.3) is 16.8 Å². The zero-order valence-electron chi connectivity index (χ0n) is 19.8. The second kappa shape index (κ2) is 10.7. The number of aryl methyl sites for hydroxylation is 1. The number of benzene rings is 4. The molecule has 0 aromatic heterocycles. The molecular weight excluding hydrogens is 470 g/mol. The molecule has 0 aliphatic carbocycles. The van der Waals surface area contributed by atoms with E-state index in [1.807, 2.05) is 73.7 Å². The van der Waals surface area contributed by atoms with Crippen LogP contribution in [0.5, 0.6) is 11.5 Å². The van der Waals surface area contributed by atoms with Crippen LogP contribution < -0.4 is 9.47 Å². The number of ether oxygens (including phenoxy) is 2. The summed E-state index contributed by atoms with van der Waals surface area (Å²) in [6, 6.07) is 29.6. The van der Waals surface area contributed by atoms with Crippen molar-refractivity contribution in [1.29, 1.82) is 0 Å². The van der Waals surface area contributed by atoms with Gasteiger partial charge in [-0.05, 0) is 70.9 Å². The number of rotatable bonds is 8. The van der Waals surface area contributed by atoms with Crippen LogP contribution in [0.15, 0.2) is 95.9 Å². The van der Waals surface area contributed by atoms with E-state index in [0.29, 0.717) is 23.0 Å². The van der Waals surface area contributed by atoms with Gasteiger partial charge in [0.1, 0.15) is 24.7 Å². The Kier molecular flexibility index (Phi) is 7.05. The lowest BCUT2D eigenvalue weighted by Crippen LogP contribution is -2.32. The third kappa shape index (κ3) is 5.44. The smallest absolute Gasteiger partial charge is 0.293 e. The second-order valence-corrected chi connectivity index (χ2v) is 9.49. The topological polar surface area (TPSA) is 55.8 Å². The van der Waals surface area contributed by atoms with E-state index in [9.17, 15) is 9.59 Å². The number of fused-ring (bicyclic) bond motifs is 1. The summed E-state index contributed by atoms with van der Waals surface area (Å²) >= 11 is 0.944. The standard InChI is InChI=1S/C30H25NO4S/c1-21-12-14-25(15-13-21)34-17-16-31-29(32)28(36-30(31)33)19-22-6-4-10-26(18-22)35-20-24-9-5-8-23-7-2-3-11-27(23)24/h2-15,18-19H,16-17,20H2,1H3/b28-19-. The van der Waals surface area contributed by atoms with Gasteiger partial charge in [-0.25, -0.2) is 0 Å². The van der Waals surface area contributed by atoms with Crippen molar-refractivity contribution in [2.75, 3.05) is 13.2 Å². The number of carbonyl (C=O) groups is 2. The Morgan fingerprint density at radius 1 is 0.833 bits per heavy atom. The van der Waals surface area contributed by atoms with Gasteiger partial charge in [-0.15, -0.1) is 0 Å². The molecule has 2 amide bonds. The van der Waals surface area contributed by atoms with Crippen LogP contribution in [-0.4, -0.2) is 29.2 Å². The van der Waals surface area contributed by atoms with Gasteiger partial charge in [0.25, 0.3) is 11.1 Å². The maximum atomic E-state index is 12.9. The number of thioether (sulfide) groups is 1. The van der Waals surface area contributed by atoms with E-state index in [4.69, 9.17) is 9.47 Å². The van der Waals surface area contributed by atoms with Gasteiger partial charge in [-0.3, -0.25) is 14.5 Å². The van der Waals surface area contributed by atoms with E-state index < -0.39 is 0 Å². The Morgan fingerprint density at radius 2 is 1.61 bits per heavy atom. The molecule has 5 nitrogen and oxygen atoms in total. The number of amides is 2. The van der Waals surface area contributed by atoms with Gasteiger partial charge in [0.05, 0.1) is 11.4 Å². The molecule has 0 N–H and O–H groups in total. The van der Waals surface area contributed by atoms with Crippen LogP contribution in [0, 0.1) is 6.92 Å². The van der Waals surface area contributed by atoms with Crippen LogP contribution in [0.1, 0.15) is 16.7 Å². The van der Waals surface area contributed by atoms with Gasteiger partial charge in [0.2, 0.25) is 0 Å². The monoisotopic (exact) mass is 495 g/mol. The first-order chi connectivity index (χ1) is 17.6. The first kappa shape index (κ1) is 23.7. The predicted octanol–water partition coefficient (Wildman–Crippen LogP) is 6.84. The minimum Gasteiger partial charge on any atom is -0.492 e. The van der Waals surface area contributed by atoms with E-state index in [1.54, 1.807) is 6.08 Å². The van der Waals surface area contributed by atoms with Gasteiger partial charge in [-0.1, -0.05) is 72.3 Å². The van der Waals surface area contributed by atoms with Crippen LogP contribution >= 0.6 is 11.8 Å². The molecule has 0 atom stereocenters. The van der Waals surface area contributed by atoms with Crippen molar-refractivity contribution in [2.24, 2.45) is 0 Å². The highest BCUT2D eigenvalue weighted by Gasteiger charge is 2.34. The van der Waals surface area contributed by atoms with Crippen molar-refractivity contribution in [1.82, 2.24) is 4.90 Å². The van der Waals surface area contributed by atoms with E-state index in [1.165, 1.54) is 10.3 Å². The molecule has 0 spiro atoms. The summed E-state index contributed by atoms with van der Waals surface area (Å²) in [5, 5.41) is 2.05. The van der Waals surface area contributed by atoms with E-state index in [-0.39, 0.29) is 24.3 Å². The molecule has 1 fully saturated rings. The Balaban J connectivity index is 1.22. The highest BCUT2D eigenvalue weighted by atomic mass is 32.2. The molecule has 180 valence electrons. The van der Waals surface area contributed by atoms with Gasteiger partial charge in [0.15, 0.2) is 0 Å². The van der Waals surface area contributed by atoms with E-state index >= 15 is 0 Å². The molecule has 0 saturated carbocycles. The molecule has 0 unspecified atom stereocenters. The third-order valence-corrected chi connectivity index (χ3v) is 6.82. The first-order valence-electron chi connectivity index (χ1n) is 11.7. The molecular formula is C30H25NO4S. The van der Waals surface area contributed by atoms with E-state index in [2.05, 4.69) is 24.3 Å². The maximum absolute atomic E-state index is 12.9. The molecule has 6 heteroatoms. The Morgan fingerprint density at radius 3 is 2.47 bits per heavy atom. The summed E-state index contributed by atoms with van der Waals surface area (Å²) in [5.74, 6) is 1.10. The average molecular weight is 496 g/mol. The lowest BCUT2D eigenvalue weighted by Gasteiger charge is -2.13. The molecule has 36 heavy (non-hydrogen) atoms. The van der Waals surface area contributed by atoms with Crippen LogP contribution in [0.4, 0.5) is 4.79 Å². The van der Waals surface area contributed by atoms with Gasteiger partial charge in [0, 0.05) is 0 Å². The van der Waals surface area contributed by atoms with Crippen molar-refractivity contribution in [2.45, 2.75) is 13.5 Å². The third-order valence-electron chi connectivity index (χ3n) is 5.91. The Bertz CT molecular complexity index is 1440. The molecule has 1 heterocycles. The SMILES string of the molecule is Cc1ccc(OCCN2C(=O)S/C(=C\c3cccc(OCc4cccc5ccccc45)c3)C2=O)cc1. The minimum absolute atomic E-state index is 0.198. The number of nitrogens with zero attached hydrogens (tertiary/aromatic N) is 1. The summed E-state index contributed by atoms with van der Waals surface area (Å²) in [6.45, 7) is 2.88. The fourth-order valence-electron chi connectivity index (χ4n) is 4.01. The zero-order valence-corrected chi connectivity index (χ0v) is 20.7. The number of hydrogen-bond donors (Lipinski definition) is 0. The van der Waals surface area contributed by atoms with Crippen molar-refractivity contribution in [3.8, 4) is 11.5 Å². The number of carbonyl (C=O) groups excluding carboxylic acids is 2. The molecule has 0 bridgehead atoms. The maximum Gasteiger partial charge on any atom is 0.293 e. The Labute approximate surface area is 214 Å². The minimum atomic E-state index is -0.306. The molecule has 4 aromatic rings. The van der Waals surface area contributed by atoms with Crippen molar-refractivity contribution in [3.05, 3.63) is 113 Å². The molecule has 1 aliphatic rings. The van der Waals surface area contributed by atoms with Gasteiger partial charge in [-0.2, -0.15) is 0 Å². The molecule has 1 saturated heterocycles. The lowest BCUT2D eigenvalue weighted by molar-refractivity contribution is -0.123. The summed E-state index contributed by atoms with van der Waals surface area (Å²) < 4.78 is 11.7. The van der Waals surface area contributed by atoms with Crippen molar-refractivity contribution >= 4 is 39.8 Å². The summed E-state index contributed by atoms with van der Waals surface area (Å²) in [5.41, 5.74) is 3.04. The summed E-state index contributed by atoms with van der Waals surface area (Å²) in [6.07, 6.45) is 1.73. The van der Waals surface area contributed by atoms with Crippen LogP contribution in [0.2, 0.25) is 0 Å². The van der Waals surface area contributed by atoms with Crippen LogP contribution in [0.3, 0.4) is 0 Å². The Hall–Kier alpha value is -4.03. The van der Waals surface area contributed by atoms with Crippen molar-refractivity contribution < 1.29 is 19.1 Å². The normalized spacial score (nSPS) is 14.6. The largest absolute Gasteiger partial charge is 0.492 e. The number of imide groups is 1. The zero-order chi connectivity index (χ0) is 24.9. The van der Waals surface area contributed by atoms with Gasteiger partial charge >= 0.3 is 0 Å². The molecule has 1 aliphatic heterocycles. The highest BCUT2D eigenvalue weighted by molar-refractivity contribution is 8.18. The average Bonchev–Trinajstić information content (AvgIpc) is 3.16. The van der Waals surface area contributed by atoms with Gasteiger partial charge < -0.3 is 9.47 Å². The lowest BCUT2D eigenvalue weighted by atomic mass is 10.1. The quantitative estimate of drug-likeness (QED) is 0.251. The molecule has 4 aromatic carbocycles. The summed E-state index contributed by atoms with van der Waals surface area (Å²) in [7, 11) is 0. The fraction of sp³-hybridized carbons (Fsp3) is 0.133. The fourth-order valence-corrected chi connectivity index (χ4v) is 4.87. The molecule has 0 radical (unpaired) electrons. The van der Waals surface area contributed by atoms with Crippen molar-refractivity contribution in [3.63, 3.8) is 0 Å².